The highest BCUT2D eigenvalue weighted by molar-refractivity contribution is 7.99. The van der Waals surface area contributed by atoms with Crippen molar-refractivity contribution >= 4 is 17.4 Å². The zero-order chi connectivity index (χ0) is 10.8. The second kappa shape index (κ2) is 4.45. The number of benzene rings is 1. The van der Waals surface area contributed by atoms with Crippen LogP contribution >= 0.6 is 11.8 Å². The number of anilines is 1. The molecule has 0 aromatic heterocycles. The Morgan fingerprint density at radius 3 is 3.00 bits per heavy atom. The summed E-state index contributed by atoms with van der Waals surface area (Å²) in [6, 6.07) is 4.95. The van der Waals surface area contributed by atoms with Gasteiger partial charge in [0.2, 0.25) is 0 Å². The van der Waals surface area contributed by atoms with E-state index in [0.717, 1.165) is 18.7 Å². The molecule has 3 heteroatoms. The minimum absolute atomic E-state index is 0.535. The van der Waals surface area contributed by atoms with Crippen molar-refractivity contribution in [3.63, 3.8) is 0 Å². The Balaban J connectivity index is 2.27. The quantitative estimate of drug-likeness (QED) is 0.807. The first-order valence-electron chi connectivity index (χ1n) is 5.42. The van der Waals surface area contributed by atoms with E-state index in [9.17, 15) is 0 Å². The number of fused-ring (bicyclic) bond motifs is 1. The maximum atomic E-state index is 5.60. The molecular weight excluding hydrogens is 204 g/mol. The molecule has 0 bridgehead atoms. The SMILES string of the molecule is Cc1ccc2c(c1C)NC(CCN)CS2. The van der Waals surface area contributed by atoms with E-state index in [0.29, 0.717) is 6.04 Å². The van der Waals surface area contributed by atoms with Gasteiger partial charge in [-0.3, -0.25) is 0 Å². The van der Waals surface area contributed by atoms with Crippen molar-refractivity contribution in [3.05, 3.63) is 23.3 Å². The van der Waals surface area contributed by atoms with Crippen molar-refractivity contribution in [2.45, 2.75) is 31.2 Å². The third-order valence-corrected chi connectivity index (χ3v) is 4.22. The van der Waals surface area contributed by atoms with Gasteiger partial charge < -0.3 is 11.1 Å². The van der Waals surface area contributed by atoms with Crippen LogP contribution in [0, 0.1) is 13.8 Å². The highest BCUT2D eigenvalue weighted by atomic mass is 32.2. The van der Waals surface area contributed by atoms with Gasteiger partial charge in [0, 0.05) is 16.7 Å². The molecule has 1 unspecified atom stereocenters. The van der Waals surface area contributed by atoms with Crippen LogP contribution < -0.4 is 11.1 Å². The van der Waals surface area contributed by atoms with Crippen LogP contribution in [0.2, 0.25) is 0 Å². The second-order valence-corrected chi connectivity index (χ2v) is 5.17. The average Bonchev–Trinajstić information content (AvgIpc) is 2.25. The lowest BCUT2D eigenvalue weighted by atomic mass is 10.1. The van der Waals surface area contributed by atoms with Crippen LogP contribution in [-0.4, -0.2) is 18.3 Å². The van der Waals surface area contributed by atoms with E-state index >= 15 is 0 Å². The largest absolute Gasteiger partial charge is 0.380 e. The van der Waals surface area contributed by atoms with Crippen molar-refractivity contribution in [3.8, 4) is 0 Å². The first-order chi connectivity index (χ1) is 7.22. The van der Waals surface area contributed by atoms with Crippen LogP contribution in [0.4, 0.5) is 5.69 Å². The molecule has 1 aromatic carbocycles. The zero-order valence-electron chi connectivity index (χ0n) is 9.34. The van der Waals surface area contributed by atoms with E-state index in [-0.39, 0.29) is 0 Å². The lowest BCUT2D eigenvalue weighted by molar-refractivity contribution is 0.717. The molecule has 0 spiro atoms. The minimum Gasteiger partial charge on any atom is -0.380 e. The van der Waals surface area contributed by atoms with E-state index in [1.54, 1.807) is 0 Å². The van der Waals surface area contributed by atoms with E-state index < -0.39 is 0 Å². The van der Waals surface area contributed by atoms with Crippen molar-refractivity contribution in [1.82, 2.24) is 0 Å². The lowest BCUT2D eigenvalue weighted by Gasteiger charge is -2.28. The van der Waals surface area contributed by atoms with Gasteiger partial charge >= 0.3 is 0 Å². The van der Waals surface area contributed by atoms with Crippen LogP contribution in [-0.2, 0) is 0 Å². The first kappa shape index (κ1) is 10.8. The fourth-order valence-corrected chi connectivity index (χ4v) is 3.03. The summed E-state index contributed by atoms with van der Waals surface area (Å²) in [6.07, 6.45) is 1.06. The van der Waals surface area contributed by atoms with Gasteiger partial charge in [0.15, 0.2) is 0 Å². The number of aryl methyl sites for hydroxylation is 1. The Morgan fingerprint density at radius 1 is 1.47 bits per heavy atom. The van der Waals surface area contributed by atoms with Crippen molar-refractivity contribution in [1.29, 1.82) is 0 Å². The molecule has 0 amide bonds. The highest BCUT2D eigenvalue weighted by Crippen LogP contribution is 2.37. The third kappa shape index (κ3) is 2.13. The van der Waals surface area contributed by atoms with Crippen LogP contribution in [0.15, 0.2) is 17.0 Å². The van der Waals surface area contributed by atoms with Crippen molar-refractivity contribution in [2.75, 3.05) is 17.6 Å². The summed E-state index contributed by atoms with van der Waals surface area (Å²) in [5, 5.41) is 3.61. The molecule has 0 aliphatic carbocycles. The molecule has 0 saturated carbocycles. The van der Waals surface area contributed by atoms with Gasteiger partial charge in [-0.15, -0.1) is 11.8 Å². The minimum atomic E-state index is 0.535. The van der Waals surface area contributed by atoms with E-state index in [1.807, 2.05) is 11.8 Å². The normalized spacial score (nSPS) is 19.5. The number of hydrogen-bond donors (Lipinski definition) is 2. The van der Waals surface area contributed by atoms with E-state index in [1.165, 1.54) is 21.7 Å². The van der Waals surface area contributed by atoms with Crippen LogP contribution in [0.5, 0.6) is 0 Å². The van der Waals surface area contributed by atoms with Gasteiger partial charge in [-0.2, -0.15) is 0 Å². The maximum absolute atomic E-state index is 5.60. The smallest absolute Gasteiger partial charge is 0.0513 e. The van der Waals surface area contributed by atoms with E-state index in [2.05, 4.69) is 31.3 Å². The van der Waals surface area contributed by atoms with Gasteiger partial charge in [0.25, 0.3) is 0 Å². The van der Waals surface area contributed by atoms with Crippen molar-refractivity contribution in [2.24, 2.45) is 5.73 Å². The summed E-state index contributed by atoms with van der Waals surface area (Å²) in [7, 11) is 0. The fourth-order valence-electron chi connectivity index (χ4n) is 1.88. The van der Waals surface area contributed by atoms with Gasteiger partial charge in [-0.25, -0.2) is 0 Å². The standard InChI is InChI=1S/C12H18N2S/c1-8-3-4-11-12(9(8)2)14-10(5-6-13)7-15-11/h3-4,10,14H,5-7,13H2,1-2H3. The molecule has 0 radical (unpaired) electrons. The molecule has 2 rings (SSSR count). The summed E-state index contributed by atoms with van der Waals surface area (Å²) in [6.45, 7) is 5.11. The summed E-state index contributed by atoms with van der Waals surface area (Å²) in [4.78, 5) is 1.38. The second-order valence-electron chi connectivity index (χ2n) is 4.11. The molecule has 1 aromatic rings. The molecular formula is C12H18N2S. The Kier molecular flexibility index (Phi) is 3.22. The van der Waals surface area contributed by atoms with Crippen LogP contribution in [0.3, 0.4) is 0 Å². The number of nitrogens with two attached hydrogens (primary N) is 1. The summed E-state index contributed by atoms with van der Waals surface area (Å²) < 4.78 is 0. The molecule has 15 heavy (non-hydrogen) atoms. The number of thioether (sulfide) groups is 1. The molecule has 0 saturated heterocycles. The van der Waals surface area contributed by atoms with Gasteiger partial charge in [-0.1, -0.05) is 6.07 Å². The van der Waals surface area contributed by atoms with Gasteiger partial charge in [0.1, 0.15) is 0 Å². The molecule has 1 aliphatic rings. The molecule has 1 aliphatic heterocycles. The molecule has 0 fully saturated rings. The maximum Gasteiger partial charge on any atom is 0.0513 e. The lowest BCUT2D eigenvalue weighted by Crippen LogP contribution is -2.29. The third-order valence-electron chi connectivity index (χ3n) is 3.00. The Hall–Kier alpha value is -0.670. The molecule has 1 heterocycles. The number of hydrogen-bond acceptors (Lipinski definition) is 3. The topological polar surface area (TPSA) is 38.0 Å². The summed E-state index contributed by atoms with van der Waals surface area (Å²) in [5.74, 6) is 1.13. The van der Waals surface area contributed by atoms with Gasteiger partial charge in [0.05, 0.1) is 5.69 Å². The fraction of sp³-hybridized carbons (Fsp3) is 0.500. The Labute approximate surface area is 95.6 Å². The van der Waals surface area contributed by atoms with Crippen molar-refractivity contribution < 1.29 is 0 Å². The van der Waals surface area contributed by atoms with Crippen LogP contribution in [0.25, 0.3) is 0 Å². The van der Waals surface area contributed by atoms with E-state index in [4.69, 9.17) is 5.73 Å². The molecule has 82 valence electrons. The summed E-state index contributed by atoms with van der Waals surface area (Å²) >= 11 is 1.94. The average molecular weight is 222 g/mol. The highest BCUT2D eigenvalue weighted by Gasteiger charge is 2.19. The molecule has 2 nitrogen and oxygen atoms in total. The number of rotatable bonds is 2. The first-order valence-corrected chi connectivity index (χ1v) is 6.40. The number of nitrogens with one attached hydrogen (secondary N) is 1. The molecule has 3 N–H and O–H groups in total. The van der Waals surface area contributed by atoms with Gasteiger partial charge in [-0.05, 0) is 44.0 Å². The van der Waals surface area contributed by atoms with Crippen LogP contribution in [0.1, 0.15) is 17.5 Å². The molecule has 1 atom stereocenters. The zero-order valence-corrected chi connectivity index (χ0v) is 10.2. The Bertz CT molecular complexity index is 363. The summed E-state index contributed by atoms with van der Waals surface area (Å²) in [5.41, 5.74) is 9.66. The monoisotopic (exact) mass is 222 g/mol. The Morgan fingerprint density at radius 2 is 2.27 bits per heavy atom. The predicted octanol–water partition coefficient (Wildman–Crippen LogP) is 2.54. The predicted molar refractivity (Wildman–Crippen MR) is 67.7 cm³/mol.